The fraction of sp³-hybridized carbons (Fsp3) is 0.222. The van der Waals surface area contributed by atoms with Crippen LogP contribution in [-0.2, 0) is 0 Å². The topological polar surface area (TPSA) is 112 Å². The number of hydrogen-bond donors (Lipinski definition) is 2. The molecular formula is C9H9N5O3S. The van der Waals surface area contributed by atoms with Crippen molar-refractivity contribution in [3.05, 3.63) is 23.1 Å². The number of H-pyrrole nitrogens is 1. The number of aromatic nitrogens is 4. The van der Waals surface area contributed by atoms with Crippen LogP contribution in [0.15, 0.2) is 6.20 Å². The van der Waals surface area contributed by atoms with Gasteiger partial charge in [0.2, 0.25) is 0 Å². The fourth-order valence-electron chi connectivity index (χ4n) is 1.40. The average molecular weight is 267 g/mol. The fourth-order valence-corrected chi connectivity index (χ4v) is 2.25. The van der Waals surface area contributed by atoms with E-state index < -0.39 is 11.9 Å². The molecule has 0 saturated heterocycles. The van der Waals surface area contributed by atoms with E-state index in [1.807, 2.05) is 0 Å². The van der Waals surface area contributed by atoms with E-state index in [1.165, 1.54) is 18.1 Å². The summed E-state index contributed by atoms with van der Waals surface area (Å²) in [6, 6.07) is 0. The number of aromatic carboxylic acids is 1. The Hall–Kier alpha value is -2.29. The Labute approximate surface area is 105 Å². The van der Waals surface area contributed by atoms with Crippen LogP contribution < -0.4 is 4.90 Å². The predicted molar refractivity (Wildman–Crippen MR) is 62.9 cm³/mol. The molecule has 0 saturated carbocycles. The molecule has 0 unspecified atom stereocenters. The molecule has 0 aliphatic heterocycles. The molecule has 18 heavy (non-hydrogen) atoms. The number of carbonyl (C=O) groups is 2. The predicted octanol–water partition coefficient (Wildman–Crippen LogP) is 0.544. The third-order valence-electron chi connectivity index (χ3n) is 2.30. The van der Waals surface area contributed by atoms with E-state index in [2.05, 4.69) is 19.8 Å². The number of aryl methyl sites for hydroxylation is 1. The molecule has 2 N–H and O–H groups in total. The summed E-state index contributed by atoms with van der Waals surface area (Å²) in [6.07, 6.45) is 1.27. The van der Waals surface area contributed by atoms with Crippen molar-refractivity contribution in [2.75, 3.05) is 11.9 Å². The third kappa shape index (κ3) is 1.95. The number of nitrogens with zero attached hydrogens (tertiary/aromatic N) is 4. The minimum absolute atomic E-state index is 0.0272. The molecule has 0 fully saturated rings. The number of anilines is 1. The lowest BCUT2D eigenvalue weighted by atomic mass is 10.2. The van der Waals surface area contributed by atoms with Crippen LogP contribution in [0.3, 0.4) is 0 Å². The molecule has 2 heterocycles. The molecule has 0 bridgehead atoms. The largest absolute Gasteiger partial charge is 0.478 e. The summed E-state index contributed by atoms with van der Waals surface area (Å²) in [5.74, 6) is -1.56. The highest BCUT2D eigenvalue weighted by Crippen LogP contribution is 2.28. The van der Waals surface area contributed by atoms with Crippen molar-refractivity contribution < 1.29 is 14.7 Å². The molecule has 0 aromatic carbocycles. The SMILES string of the molecule is Cc1nsc(N(C)C(=O)c2cn[nH]n2)c1C(=O)O. The molecule has 0 atom stereocenters. The Morgan fingerprint density at radius 2 is 2.22 bits per heavy atom. The van der Waals surface area contributed by atoms with E-state index in [-0.39, 0.29) is 16.3 Å². The number of carboxylic acid groups (broad SMARTS) is 1. The molecule has 1 amide bonds. The zero-order valence-electron chi connectivity index (χ0n) is 9.54. The van der Waals surface area contributed by atoms with Crippen molar-refractivity contribution in [2.24, 2.45) is 0 Å². The number of hydrogen-bond acceptors (Lipinski definition) is 6. The van der Waals surface area contributed by atoms with Crippen LogP contribution >= 0.6 is 11.5 Å². The maximum absolute atomic E-state index is 12.0. The first-order chi connectivity index (χ1) is 8.52. The van der Waals surface area contributed by atoms with Crippen LogP contribution in [0, 0.1) is 6.92 Å². The second kappa shape index (κ2) is 4.53. The van der Waals surface area contributed by atoms with Gasteiger partial charge in [0.1, 0.15) is 10.6 Å². The van der Waals surface area contributed by atoms with Crippen LogP contribution in [-0.4, -0.2) is 43.8 Å². The van der Waals surface area contributed by atoms with Gasteiger partial charge in [-0.25, -0.2) is 4.79 Å². The van der Waals surface area contributed by atoms with Gasteiger partial charge in [-0.3, -0.25) is 9.69 Å². The Bertz CT molecular complexity index is 591. The Morgan fingerprint density at radius 3 is 2.78 bits per heavy atom. The lowest BCUT2D eigenvalue weighted by molar-refractivity contribution is 0.0697. The van der Waals surface area contributed by atoms with Gasteiger partial charge in [0.25, 0.3) is 5.91 Å². The first-order valence-electron chi connectivity index (χ1n) is 4.85. The Morgan fingerprint density at radius 1 is 1.50 bits per heavy atom. The molecular weight excluding hydrogens is 258 g/mol. The smallest absolute Gasteiger partial charge is 0.340 e. The van der Waals surface area contributed by atoms with E-state index in [4.69, 9.17) is 5.11 Å². The highest BCUT2D eigenvalue weighted by molar-refractivity contribution is 7.11. The van der Waals surface area contributed by atoms with E-state index >= 15 is 0 Å². The molecule has 8 nitrogen and oxygen atoms in total. The van der Waals surface area contributed by atoms with Crippen LogP contribution in [0.4, 0.5) is 5.00 Å². The van der Waals surface area contributed by atoms with Crippen molar-refractivity contribution >= 4 is 28.4 Å². The van der Waals surface area contributed by atoms with Crippen molar-refractivity contribution in [1.82, 2.24) is 19.8 Å². The maximum atomic E-state index is 12.0. The van der Waals surface area contributed by atoms with Gasteiger partial charge in [0, 0.05) is 7.05 Å². The number of rotatable bonds is 3. The second-order valence-electron chi connectivity index (χ2n) is 3.47. The highest BCUT2D eigenvalue weighted by atomic mass is 32.1. The quantitative estimate of drug-likeness (QED) is 0.839. The van der Waals surface area contributed by atoms with Gasteiger partial charge < -0.3 is 5.11 Å². The molecule has 2 aromatic heterocycles. The number of carbonyl (C=O) groups excluding carboxylic acids is 1. The van der Waals surface area contributed by atoms with Gasteiger partial charge in [-0.2, -0.15) is 19.8 Å². The molecule has 2 aromatic rings. The summed E-state index contributed by atoms with van der Waals surface area (Å²) in [5, 5.41) is 18.9. The Kier molecular flexibility index (Phi) is 3.06. The molecule has 9 heteroatoms. The van der Waals surface area contributed by atoms with Gasteiger partial charge in [-0.15, -0.1) is 0 Å². The average Bonchev–Trinajstić information content (AvgIpc) is 2.95. The summed E-state index contributed by atoms with van der Waals surface area (Å²) in [7, 11) is 1.47. The van der Waals surface area contributed by atoms with Gasteiger partial charge in [0.05, 0.1) is 11.9 Å². The zero-order chi connectivity index (χ0) is 13.3. The molecule has 0 aliphatic rings. The monoisotopic (exact) mass is 267 g/mol. The van der Waals surface area contributed by atoms with Gasteiger partial charge in [0.15, 0.2) is 5.69 Å². The maximum Gasteiger partial charge on any atom is 0.340 e. The van der Waals surface area contributed by atoms with Crippen LogP contribution in [0.2, 0.25) is 0 Å². The summed E-state index contributed by atoms with van der Waals surface area (Å²) in [6.45, 7) is 1.58. The normalized spacial score (nSPS) is 10.3. The lowest BCUT2D eigenvalue weighted by Gasteiger charge is -2.13. The van der Waals surface area contributed by atoms with Crippen LogP contribution in [0.1, 0.15) is 26.5 Å². The molecule has 0 aliphatic carbocycles. The van der Waals surface area contributed by atoms with Crippen LogP contribution in [0.5, 0.6) is 0 Å². The van der Waals surface area contributed by atoms with Gasteiger partial charge in [-0.1, -0.05) is 0 Å². The summed E-state index contributed by atoms with van der Waals surface area (Å²) >= 11 is 0.954. The number of aromatic amines is 1. The summed E-state index contributed by atoms with van der Waals surface area (Å²) in [5.41, 5.74) is 0.515. The first-order valence-corrected chi connectivity index (χ1v) is 5.63. The minimum atomic E-state index is -1.11. The number of nitrogens with one attached hydrogen (secondary N) is 1. The summed E-state index contributed by atoms with van der Waals surface area (Å²) < 4.78 is 3.95. The Balaban J connectivity index is 2.38. The van der Waals surface area contributed by atoms with Crippen molar-refractivity contribution in [1.29, 1.82) is 0 Å². The van der Waals surface area contributed by atoms with E-state index in [1.54, 1.807) is 6.92 Å². The molecule has 94 valence electrons. The number of amides is 1. The van der Waals surface area contributed by atoms with Crippen molar-refractivity contribution in [3.8, 4) is 0 Å². The van der Waals surface area contributed by atoms with E-state index in [0.717, 1.165) is 11.5 Å². The van der Waals surface area contributed by atoms with Crippen LogP contribution in [0.25, 0.3) is 0 Å². The van der Waals surface area contributed by atoms with E-state index in [9.17, 15) is 9.59 Å². The van der Waals surface area contributed by atoms with Gasteiger partial charge >= 0.3 is 5.97 Å². The lowest BCUT2D eigenvalue weighted by Crippen LogP contribution is -2.27. The highest BCUT2D eigenvalue weighted by Gasteiger charge is 2.25. The summed E-state index contributed by atoms with van der Waals surface area (Å²) in [4.78, 5) is 24.3. The molecule has 0 radical (unpaired) electrons. The van der Waals surface area contributed by atoms with E-state index in [0.29, 0.717) is 5.69 Å². The van der Waals surface area contributed by atoms with Crippen molar-refractivity contribution in [3.63, 3.8) is 0 Å². The number of carboxylic acids is 1. The second-order valence-corrected chi connectivity index (χ2v) is 4.22. The standard InChI is InChI=1S/C9H9N5O3S/c1-4-6(9(16)17)8(18-12-4)14(2)7(15)5-3-10-13-11-5/h3H,1-2H3,(H,16,17)(H,10,11,13). The molecule has 2 rings (SSSR count). The minimum Gasteiger partial charge on any atom is -0.478 e. The zero-order valence-corrected chi connectivity index (χ0v) is 10.4. The first kappa shape index (κ1) is 12.2. The van der Waals surface area contributed by atoms with Crippen molar-refractivity contribution in [2.45, 2.75) is 6.92 Å². The van der Waals surface area contributed by atoms with Gasteiger partial charge in [-0.05, 0) is 18.5 Å². The molecule has 0 spiro atoms. The third-order valence-corrected chi connectivity index (χ3v) is 3.32.